The van der Waals surface area contributed by atoms with Gasteiger partial charge in [-0.05, 0) is 35.7 Å². The van der Waals surface area contributed by atoms with Gasteiger partial charge in [0.1, 0.15) is 5.82 Å². The maximum absolute atomic E-state index is 13.2. The van der Waals surface area contributed by atoms with Crippen LogP contribution in [-0.4, -0.2) is 5.11 Å². The Hall–Kier alpha value is -1.87. The SMILES string of the molecule is CCc1ccc(CC(O)c2cc(F)ccc2N)cc1. The molecule has 2 nitrogen and oxygen atoms in total. The smallest absolute Gasteiger partial charge is 0.123 e. The van der Waals surface area contributed by atoms with Crippen LogP contribution in [0.25, 0.3) is 0 Å². The van der Waals surface area contributed by atoms with Crippen molar-refractivity contribution in [1.29, 1.82) is 0 Å². The molecule has 0 saturated heterocycles. The van der Waals surface area contributed by atoms with Crippen LogP contribution in [0.5, 0.6) is 0 Å². The molecule has 1 atom stereocenters. The maximum atomic E-state index is 13.2. The summed E-state index contributed by atoms with van der Waals surface area (Å²) in [6, 6.07) is 12.1. The van der Waals surface area contributed by atoms with E-state index in [0.717, 1.165) is 12.0 Å². The highest BCUT2D eigenvalue weighted by atomic mass is 19.1. The normalized spacial score (nSPS) is 12.4. The van der Waals surface area contributed by atoms with Gasteiger partial charge < -0.3 is 10.8 Å². The molecule has 0 aliphatic heterocycles. The fraction of sp³-hybridized carbons (Fsp3) is 0.250. The minimum absolute atomic E-state index is 0.385. The van der Waals surface area contributed by atoms with Gasteiger partial charge in [-0.15, -0.1) is 0 Å². The van der Waals surface area contributed by atoms with Crippen LogP contribution in [0, 0.1) is 5.82 Å². The van der Waals surface area contributed by atoms with Gasteiger partial charge in [-0.2, -0.15) is 0 Å². The molecule has 0 heterocycles. The number of rotatable bonds is 4. The van der Waals surface area contributed by atoms with E-state index in [4.69, 9.17) is 5.73 Å². The van der Waals surface area contributed by atoms with Crippen LogP contribution < -0.4 is 5.73 Å². The van der Waals surface area contributed by atoms with Crippen LogP contribution >= 0.6 is 0 Å². The van der Waals surface area contributed by atoms with Crippen LogP contribution in [0.2, 0.25) is 0 Å². The molecule has 0 fully saturated rings. The summed E-state index contributed by atoms with van der Waals surface area (Å²) >= 11 is 0. The first kappa shape index (κ1) is 13.6. The summed E-state index contributed by atoms with van der Waals surface area (Å²) in [5.41, 5.74) is 8.88. The number of aliphatic hydroxyl groups is 1. The van der Waals surface area contributed by atoms with E-state index < -0.39 is 6.10 Å². The summed E-state index contributed by atoms with van der Waals surface area (Å²) in [5, 5.41) is 10.2. The molecule has 2 aromatic rings. The second kappa shape index (κ2) is 5.85. The van der Waals surface area contributed by atoms with Crippen molar-refractivity contribution in [2.45, 2.75) is 25.9 Å². The molecule has 0 radical (unpaired) electrons. The fourth-order valence-electron chi connectivity index (χ4n) is 2.08. The zero-order chi connectivity index (χ0) is 13.8. The molecule has 2 rings (SSSR count). The molecule has 100 valence electrons. The number of halogens is 1. The molecule has 0 saturated carbocycles. The van der Waals surface area contributed by atoms with Gasteiger partial charge in [0.2, 0.25) is 0 Å². The van der Waals surface area contributed by atoms with Crippen molar-refractivity contribution in [1.82, 2.24) is 0 Å². The van der Waals surface area contributed by atoms with E-state index in [-0.39, 0.29) is 5.82 Å². The highest BCUT2D eigenvalue weighted by molar-refractivity contribution is 5.48. The lowest BCUT2D eigenvalue weighted by atomic mass is 9.99. The van der Waals surface area contributed by atoms with Crippen molar-refractivity contribution < 1.29 is 9.50 Å². The van der Waals surface area contributed by atoms with Gasteiger partial charge in [0.15, 0.2) is 0 Å². The predicted molar refractivity (Wildman–Crippen MR) is 75.3 cm³/mol. The van der Waals surface area contributed by atoms with Crippen molar-refractivity contribution in [3.05, 3.63) is 65.0 Å². The summed E-state index contributed by atoms with van der Waals surface area (Å²) < 4.78 is 13.2. The molecule has 3 N–H and O–H groups in total. The topological polar surface area (TPSA) is 46.2 Å². The Morgan fingerprint density at radius 1 is 1.11 bits per heavy atom. The van der Waals surface area contributed by atoms with E-state index in [2.05, 4.69) is 6.92 Å². The molecule has 0 aromatic heterocycles. The Kier molecular flexibility index (Phi) is 4.17. The number of hydrogen-bond donors (Lipinski definition) is 2. The number of aryl methyl sites for hydroxylation is 1. The number of benzene rings is 2. The third-order valence-corrected chi connectivity index (χ3v) is 3.27. The van der Waals surface area contributed by atoms with Crippen molar-refractivity contribution in [3.8, 4) is 0 Å². The predicted octanol–water partition coefficient (Wildman–Crippen LogP) is 3.25. The standard InChI is InChI=1S/C16H18FNO/c1-2-11-3-5-12(6-4-11)9-16(19)14-10-13(17)7-8-15(14)18/h3-8,10,16,19H,2,9,18H2,1H3. The first-order valence-electron chi connectivity index (χ1n) is 6.41. The number of anilines is 1. The van der Waals surface area contributed by atoms with Crippen LogP contribution in [0.1, 0.15) is 29.7 Å². The lowest BCUT2D eigenvalue weighted by Gasteiger charge is -2.14. The summed E-state index contributed by atoms with van der Waals surface area (Å²) in [6.45, 7) is 2.09. The summed E-state index contributed by atoms with van der Waals surface area (Å²) in [6.07, 6.45) is 0.625. The molecule has 3 heteroatoms. The van der Waals surface area contributed by atoms with E-state index in [1.165, 1.54) is 23.8 Å². The molecule has 0 amide bonds. The highest BCUT2D eigenvalue weighted by Gasteiger charge is 2.12. The Balaban J connectivity index is 2.15. The van der Waals surface area contributed by atoms with Crippen LogP contribution in [0.15, 0.2) is 42.5 Å². The first-order valence-corrected chi connectivity index (χ1v) is 6.41. The molecule has 19 heavy (non-hydrogen) atoms. The number of nitrogens with two attached hydrogens (primary N) is 1. The van der Waals surface area contributed by atoms with Gasteiger partial charge in [-0.25, -0.2) is 4.39 Å². The number of nitrogen functional groups attached to an aromatic ring is 1. The van der Waals surface area contributed by atoms with E-state index in [1.54, 1.807) is 0 Å². The number of aliphatic hydroxyl groups excluding tert-OH is 1. The average Bonchev–Trinajstić information content (AvgIpc) is 2.42. The fourth-order valence-corrected chi connectivity index (χ4v) is 2.08. The third kappa shape index (κ3) is 3.32. The van der Waals surface area contributed by atoms with Crippen molar-refractivity contribution >= 4 is 5.69 Å². The largest absolute Gasteiger partial charge is 0.398 e. The van der Waals surface area contributed by atoms with Crippen molar-refractivity contribution in [3.63, 3.8) is 0 Å². The first-order chi connectivity index (χ1) is 9.10. The molecule has 0 bridgehead atoms. The summed E-state index contributed by atoms with van der Waals surface area (Å²) in [4.78, 5) is 0. The molecule has 1 unspecified atom stereocenters. The lowest BCUT2D eigenvalue weighted by Crippen LogP contribution is -2.06. The van der Waals surface area contributed by atoms with E-state index in [9.17, 15) is 9.50 Å². The summed E-state index contributed by atoms with van der Waals surface area (Å²) in [7, 11) is 0. The maximum Gasteiger partial charge on any atom is 0.123 e. The van der Waals surface area contributed by atoms with Crippen LogP contribution in [-0.2, 0) is 12.8 Å². The van der Waals surface area contributed by atoms with E-state index in [0.29, 0.717) is 17.7 Å². The second-order valence-corrected chi connectivity index (χ2v) is 4.66. The Morgan fingerprint density at radius 3 is 2.37 bits per heavy atom. The zero-order valence-electron chi connectivity index (χ0n) is 10.9. The minimum Gasteiger partial charge on any atom is -0.398 e. The molecule has 0 spiro atoms. The van der Waals surface area contributed by atoms with Crippen LogP contribution in [0.4, 0.5) is 10.1 Å². The Morgan fingerprint density at radius 2 is 1.74 bits per heavy atom. The lowest BCUT2D eigenvalue weighted by molar-refractivity contribution is 0.179. The highest BCUT2D eigenvalue weighted by Crippen LogP contribution is 2.24. The summed E-state index contributed by atoms with van der Waals surface area (Å²) in [5.74, 6) is -0.385. The van der Waals surface area contributed by atoms with Gasteiger partial charge in [0.25, 0.3) is 0 Å². The minimum atomic E-state index is -0.789. The molecule has 0 aliphatic rings. The molecular formula is C16H18FNO. The van der Waals surface area contributed by atoms with Gasteiger partial charge >= 0.3 is 0 Å². The van der Waals surface area contributed by atoms with Gasteiger partial charge in [-0.1, -0.05) is 31.2 Å². The third-order valence-electron chi connectivity index (χ3n) is 3.27. The molecule has 0 aliphatic carbocycles. The monoisotopic (exact) mass is 259 g/mol. The van der Waals surface area contributed by atoms with Gasteiger partial charge in [-0.3, -0.25) is 0 Å². The second-order valence-electron chi connectivity index (χ2n) is 4.66. The quantitative estimate of drug-likeness (QED) is 0.828. The van der Waals surface area contributed by atoms with Crippen molar-refractivity contribution in [2.24, 2.45) is 0 Å². The van der Waals surface area contributed by atoms with E-state index >= 15 is 0 Å². The average molecular weight is 259 g/mol. The Bertz CT molecular complexity index is 551. The van der Waals surface area contributed by atoms with Crippen LogP contribution in [0.3, 0.4) is 0 Å². The van der Waals surface area contributed by atoms with Crippen molar-refractivity contribution in [2.75, 3.05) is 5.73 Å². The number of hydrogen-bond acceptors (Lipinski definition) is 2. The van der Waals surface area contributed by atoms with Gasteiger partial charge in [0, 0.05) is 17.7 Å². The van der Waals surface area contributed by atoms with E-state index in [1.807, 2.05) is 24.3 Å². The molecular weight excluding hydrogens is 241 g/mol. The Labute approximate surface area is 112 Å². The zero-order valence-corrected chi connectivity index (χ0v) is 10.9. The molecule has 2 aromatic carbocycles. The van der Waals surface area contributed by atoms with Gasteiger partial charge in [0.05, 0.1) is 6.10 Å².